The summed E-state index contributed by atoms with van der Waals surface area (Å²) in [6, 6.07) is 22.3. The van der Waals surface area contributed by atoms with Crippen LogP contribution in [0.15, 0.2) is 72.9 Å². The van der Waals surface area contributed by atoms with E-state index in [9.17, 15) is 0 Å². The zero-order valence-electron chi connectivity index (χ0n) is 10.4. The van der Waals surface area contributed by atoms with Crippen molar-refractivity contribution in [3.8, 4) is 23.1 Å². The molecular formula is C18H13N. The van der Waals surface area contributed by atoms with E-state index in [1.807, 2.05) is 54.7 Å². The molecular weight excluding hydrogens is 230 g/mol. The minimum absolute atomic E-state index is 1.03. The maximum absolute atomic E-state index is 3.19. The summed E-state index contributed by atoms with van der Waals surface area (Å²) in [7, 11) is 0. The third kappa shape index (κ3) is 2.75. The molecule has 0 saturated heterocycles. The smallest absolute Gasteiger partial charge is 0.0453 e. The summed E-state index contributed by atoms with van der Waals surface area (Å²) in [5.41, 5.74) is 4.37. The number of hydrogen-bond acceptors (Lipinski definition) is 0. The molecule has 0 spiro atoms. The van der Waals surface area contributed by atoms with E-state index in [0.717, 1.165) is 16.8 Å². The minimum Gasteiger partial charge on any atom is -0.361 e. The van der Waals surface area contributed by atoms with Crippen LogP contribution in [0.3, 0.4) is 0 Å². The molecule has 1 N–H and O–H groups in total. The number of aromatic amines is 1. The van der Waals surface area contributed by atoms with Gasteiger partial charge in [-0.15, -0.1) is 0 Å². The highest BCUT2D eigenvalue weighted by Gasteiger charge is 1.96. The van der Waals surface area contributed by atoms with Crippen LogP contribution >= 0.6 is 0 Å². The van der Waals surface area contributed by atoms with Crippen LogP contribution in [-0.4, -0.2) is 4.98 Å². The van der Waals surface area contributed by atoms with Crippen LogP contribution in [-0.2, 0) is 0 Å². The van der Waals surface area contributed by atoms with E-state index in [4.69, 9.17) is 0 Å². The van der Waals surface area contributed by atoms with Gasteiger partial charge in [0.05, 0.1) is 0 Å². The molecule has 3 rings (SSSR count). The van der Waals surface area contributed by atoms with Gasteiger partial charge in [-0.2, -0.15) is 0 Å². The molecule has 0 unspecified atom stereocenters. The Balaban J connectivity index is 1.82. The molecule has 0 aliphatic rings. The first-order valence-corrected chi connectivity index (χ1v) is 6.23. The molecule has 0 aliphatic carbocycles. The number of hydrogen-bond donors (Lipinski definition) is 1. The Kier molecular flexibility index (Phi) is 3.16. The van der Waals surface area contributed by atoms with Crippen molar-refractivity contribution >= 4 is 0 Å². The van der Waals surface area contributed by atoms with Gasteiger partial charge < -0.3 is 4.98 Å². The Hall–Kier alpha value is -2.72. The maximum atomic E-state index is 3.19. The van der Waals surface area contributed by atoms with Gasteiger partial charge >= 0.3 is 0 Å². The molecule has 19 heavy (non-hydrogen) atoms. The second-order valence-corrected chi connectivity index (χ2v) is 4.28. The standard InChI is InChI=1S/C18H13N/c1-2-5-15(6-3-1)8-9-16-10-12-17(13-11-16)18-7-4-14-19-18/h1-7,10-14,19H. The molecule has 0 aliphatic heterocycles. The lowest BCUT2D eigenvalue weighted by molar-refractivity contribution is 1.40. The predicted octanol–water partition coefficient (Wildman–Crippen LogP) is 4.08. The third-order valence-electron chi connectivity index (χ3n) is 2.92. The van der Waals surface area contributed by atoms with E-state index in [0.29, 0.717) is 0 Å². The average molecular weight is 243 g/mol. The molecule has 0 radical (unpaired) electrons. The van der Waals surface area contributed by atoms with E-state index in [-0.39, 0.29) is 0 Å². The maximum Gasteiger partial charge on any atom is 0.0453 e. The van der Waals surface area contributed by atoms with Gasteiger partial charge in [0, 0.05) is 23.0 Å². The summed E-state index contributed by atoms with van der Waals surface area (Å²) in [4.78, 5) is 3.19. The molecule has 0 fully saturated rings. The van der Waals surface area contributed by atoms with E-state index < -0.39 is 0 Å². The Morgan fingerprint density at radius 1 is 0.632 bits per heavy atom. The zero-order chi connectivity index (χ0) is 12.9. The SMILES string of the molecule is C(#Cc1ccc(-c2ccc[nH]2)cc1)c1ccccc1. The summed E-state index contributed by atoms with van der Waals surface area (Å²) in [5.74, 6) is 6.33. The molecule has 90 valence electrons. The summed E-state index contributed by atoms with van der Waals surface area (Å²) < 4.78 is 0. The molecule has 1 nitrogen and oxygen atoms in total. The van der Waals surface area contributed by atoms with Gasteiger partial charge in [-0.05, 0) is 42.0 Å². The molecule has 2 aromatic carbocycles. The van der Waals surface area contributed by atoms with Gasteiger partial charge in [0.25, 0.3) is 0 Å². The van der Waals surface area contributed by atoms with E-state index in [1.165, 1.54) is 5.56 Å². The van der Waals surface area contributed by atoms with Crippen LogP contribution in [0.5, 0.6) is 0 Å². The second-order valence-electron chi connectivity index (χ2n) is 4.28. The zero-order valence-corrected chi connectivity index (χ0v) is 10.4. The minimum atomic E-state index is 1.03. The molecule has 1 heteroatoms. The first kappa shape index (κ1) is 11.4. The first-order valence-electron chi connectivity index (χ1n) is 6.23. The van der Waals surface area contributed by atoms with E-state index in [2.05, 4.69) is 35.0 Å². The molecule has 0 atom stereocenters. The summed E-state index contributed by atoms with van der Waals surface area (Å²) >= 11 is 0. The normalized spacial score (nSPS) is 9.68. The van der Waals surface area contributed by atoms with Gasteiger partial charge in [0.2, 0.25) is 0 Å². The molecule has 0 bridgehead atoms. The number of aromatic nitrogens is 1. The van der Waals surface area contributed by atoms with Gasteiger partial charge in [0.1, 0.15) is 0 Å². The number of nitrogens with one attached hydrogen (secondary N) is 1. The van der Waals surface area contributed by atoms with E-state index >= 15 is 0 Å². The number of rotatable bonds is 1. The molecule has 3 aromatic rings. The molecule has 0 amide bonds. The van der Waals surface area contributed by atoms with Crippen molar-refractivity contribution in [2.75, 3.05) is 0 Å². The van der Waals surface area contributed by atoms with Crippen LogP contribution in [0.25, 0.3) is 11.3 Å². The topological polar surface area (TPSA) is 15.8 Å². The fourth-order valence-corrected chi connectivity index (χ4v) is 1.91. The first-order chi connectivity index (χ1) is 9.42. The van der Waals surface area contributed by atoms with Crippen LogP contribution in [0.1, 0.15) is 11.1 Å². The van der Waals surface area contributed by atoms with Crippen LogP contribution in [0.2, 0.25) is 0 Å². The monoisotopic (exact) mass is 243 g/mol. The van der Waals surface area contributed by atoms with Crippen molar-refractivity contribution < 1.29 is 0 Å². The summed E-state index contributed by atoms with van der Waals surface area (Å²) in [5, 5.41) is 0. The van der Waals surface area contributed by atoms with Gasteiger partial charge in [-0.1, -0.05) is 42.2 Å². The van der Waals surface area contributed by atoms with Crippen molar-refractivity contribution in [3.63, 3.8) is 0 Å². The highest BCUT2D eigenvalue weighted by atomic mass is 14.7. The van der Waals surface area contributed by atoms with Crippen LogP contribution < -0.4 is 0 Å². The highest BCUT2D eigenvalue weighted by Crippen LogP contribution is 2.17. The largest absolute Gasteiger partial charge is 0.361 e. The Morgan fingerprint density at radius 2 is 1.32 bits per heavy atom. The lowest BCUT2D eigenvalue weighted by atomic mass is 10.1. The van der Waals surface area contributed by atoms with Crippen molar-refractivity contribution in [1.29, 1.82) is 0 Å². The number of benzene rings is 2. The second kappa shape index (κ2) is 5.29. The third-order valence-corrected chi connectivity index (χ3v) is 2.92. The van der Waals surface area contributed by atoms with Gasteiger partial charge in [-0.3, -0.25) is 0 Å². The van der Waals surface area contributed by atoms with Crippen molar-refractivity contribution in [2.24, 2.45) is 0 Å². The molecule has 1 heterocycles. The Morgan fingerprint density at radius 3 is 1.95 bits per heavy atom. The summed E-state index contributed by atoms with van der Waals surface area (Å²) in [6.07, 6.45) is 1.93. The average Bonchev–Trinajstić information content (AvgIpc) is 3.01. The number of H-pyrrole nitrogens is 1. The fraction of sp³-hybridized carbons (Fsp3) is 0. The molecule has 1 aromatic heterocycles. The predicted molar refractivity (Wildman–Crippen MR) is 78.7 cm³/mol. The van der Waals surface area contributed by atoms with E-state index in [1.54, 1.807) is 0 Å². The van der Waals surface area contributed by atoms with Crippen molar-refractivity contribution in [1.82, 2.24) is 4.98 Å². The lowest BCUT2D eigenvalue weighted by Crippen LogP contribution is -1.79. The van der Waals surface area contributed by atoms with Crippen molar-refractivity contribution in [3.05, 3.63) is 84.1 Å². The lowest BCUT2D eigenvalue weighted by Gasteiger charge is -1.97. The van der Waals surface area contributed by atoms with Crippen LogP contribution in [0, 0.1) is 11.8 Å². The Bertz CT molecular complexity index is 696. The van der Waals surface area contributed by atoms with Gasteiger partial charge in [-0.25, -0.2) is 0 Å². The summed E-state index contributed by atoms with van der Waals surface area (Å²) in [6.45, 7) is 0. The van der Waals surface area contributed by atoms with Gasteiger partial charge in [0.15, 0.2) is 0 Å². The Labute approximate surface area is 112 Å². The highest BCUT2D eigenvalue weighted by molar-refractivity contribution is 5.60. The fourth-order valence-electron chi connectivity index (χ4n) is 1.91. The van der Waals surface area contributed by atoms with Crippen molar-refractivity contribution in [2.45, 2.75) is 0 Å². The molecule has 0 saturated carbocycles. The van der Waals surface area contributed by atoms with Crippen LogP contribution in [0.4, 0.5) is 0 Å². The quantitative estimate of drug-likeness (QED) is 0.620.